The standard InChI is InChI=1S/C16H27N/c1-8-10-15(14(4)17-11-9-2)12-13(3)16(5,6)7/h9,11-12H,2,8,10H2,1,3-7H3/b13-12+,15-14+,17-11?. The summed E-state index contributed by atoms with van der Waals surface area (Å²) in [5.74, 6) is 0. The predicted octanol–water partition coefficient (Wildman–Crippen LogP) is 5.31. The largest absolute Gasteiger partial charge is 0.261 e. The van der Waals surface area contributed by atoms with Crippen LogP contribution in [-0.4, -0.2) is 6.21 Å². The van der Waals surface area contributed by atoms with Crippen molar-refractivity contribution >= 4 is 6.21 Å². The van der Waals surface area contributed by atoms with Gasteiger partial charge >= 0.3 is 0 Å². The summed E-state index contributed by atoms with van der Waals surface area (Å²) in [7, 11) is 0. The van der Waals surface area contributed by atoms with Crippen molar-refractivity contribution in [3.05, 3.63) is 35.6 Å². The van der Waals surface area contributed by atoms with Gasteiger partial charge in [0, 0.05) is 11.9 Å². The van der Waals surface area contributed by atoms with Crippen molar-refractivity contribution in [2.75, 3.05) is 0 Å². The molecule has 96 valence electrons. The lowest BCUT2D eigenvalue weighted by atomic mass is 9.86. The first-order chi connectivity index (χ1) is 7.82. The lowest BCUT2D eigenvalue weighted by Gasteiger charge is -2.20. The molecule has 17 heavy (non-hydrogen) atoms. The van der Waals surface area contributed by atoms with E-state index in [-0.39, 0.29) is 5.41 Å². The minimum atomic E-state index is 0.224. The van der Waals surface area contributed by atoms with Gasteiger partial charge in [-0.15, -0.1) is 0 Å². The first-order valence-electron chi connectivity index (χ1n) is 6.36. The van der Waals surface area contributed by atoms with E-state index < -0.39 is 0 Å². The molecule has 0 rings (SSSR count). The van der Waals surface area contributed by atoms with E-state index in [1.807, 2.05) is 0 Å². The van der Waals surface area contributed by atoms with Crippen LogP contribution in [0.1, 0.15) is 54.4 Å². The fraction of sp³-hybridized carbons (Fsp3) is 0.562. The molecule has 0 radical (unpaired) electrons. The molecule has 1 heteroatoms. The Bertz CT molecular complexity index is 335. The minimum Gasteiger partial charge on any atom is -0.261 e. The maximum Gasteiger partial charge on any atom is 0.0404 e. The molecule has 0 aliphatic heterocycles. The van der Waals surface area contributed by atoms with Crippen LogP contribution in [-0.2, 0) is 0 Å². The molecular weight excluding hydrogens is 206 g/mol. The highest BCUT2D eigenvalue weighted by atomic mass is 14.7. The van der Waals surface area contributed by atoms with Crippen LogP contribution in [0.2, 0.25) is 0 Å². The van der Waals surface area contributed by atoms with Crippen molar-refractivity contribution < 1.29 is 0 Å². The Morgan fingerprint density at radius 1 is 1.24 bits per heavy atom. The zero-order valence-electron chi connectivity index (χ0n) is 12.3. The minimum absolute atomic E-state index is 0.224. The van der Waals surface area contributed by atoms with E-state index in [9.17, 15) is 0 Å². The fourth-order valence-electron chi connectivity index (χ4n) is 1.35. The quantitative estimate of drug-likeness (QED) is 0.451. The van der Waals surface area contributed by atoms with Gasteiger partial charge in [-0.1, -0.05) is 58.4 Å². The molecular formula is C16H27N. The molecule has 0 saturated carbocycles. The fourth-order valence-corrected chi connectivity index (χ4v) is 1.35. The summed E-state index contributed by atoms with van der Waals surface area (Å²) in [4.78, 5) is 4.39. The third-order valence-corrected chi connectivity index (χ3v) is 2.93. The molecule has 0 fully saturated rings. The molecule has 0 heterocycles. The van der Waals surface area contributed by atoms with Gasteiger partial charge in [-0.3, -0.25) is 4.99 Å². The Kier molecular flexibility index (Phi) is 6.79. The van der Waals surface area contributed by atoms with Gasteiger partial charge in [0.25, 0.3) is 0 Å². The molecule has 0 aliphatic carbocycles. The SMILES string of the molecule is C=CC=N/C(C)=C(/C=C(\C)C(C)(C)C)CCC. The Morgan fingerprint density at radius 3 is 2.24 bits per heavy atom. The van der Waals surface area contributed by atoms with Gasteiger partial charge in [-0.05, 0) is 31.3 Å². The number of nitrogens with zero attached hydrogens (tertiary/aromatic N) is 1. The zero-order chi connectivity index (χ0) is 13.5. The molecule has 0 atom stereocenters. The lowest BCUT2D eigenvalue weighted by Crippen LogP contribution is -2.07. The molecule has 0 unspecified atom stereocenters. The molecule has 0 aromatic rings. The van der Waals surface area contributed by atoms with Gasteiger partial charge in [0.15, 0.2) is 0 Å². The second-order valence-electron chi connectivity index (χ2n) is 5.45. The van der Waals surface area contributed by atoms with Crippen molar-refractivity contribution in [1.82, 2.24) is 0 Å². The topological polar surface area (TPSA) is 12.4 Å². The van der Waals surface area contributed by atoms with Gasteiger partial charge < -0.3 is 0 Å². The summed E-state index contributed by atoms with van der Waals surface area (Å²) in [6, 6.07) is 0. The summed E-state index contributed by atoms with van der Waals surface area (Å²) in [5, 5.41) is 0. The molecule has 0 aliphatic rings. The number of aliphatic imine (C=N–C) groups is 1. The molecule has 0 amide bonds. The van der Waals surface area contributed by atoms with Crippen LogP contribution in [0.4, 0.5) is 0 Å². The molecule has 0 spiro atoms. The predicted molar refractivity (Wildman–Crippen MR) is 79.5 cm³/mol. The third-order valence-electron chi connectivity index (χ3n) is 2.93. The second kappa shape index (κ2) is 7.26. The van der Waals surface area contributed by atoms with E-state index in [2.05, 4.69) is 59.2 Å². The van der Waals surface area contributed by atoms with E-state index in [0.717, 1.165) is 18.5 Å². The van der Waals surface area contributed by atoms with Crippen LogP contribution in [0.25, 0.3) is 0 Å². The van der Waals surface area contributed by atoms with Crippen molar-refractivity contribution in [1.29, 1.82) is 0 Å². The van der Waals surface area contributed by atoms with E-state index in [4.69, 9.17) is 0 Å². The van der Waals surface area contributed by atoms with Gasteiger partial charge in [0.2, 0.25) is 0 Å². The van der Waals surface area contributed by atoms with Crippen molar-refractivity contribution in [3.8, 4) is 0 Å². The normalized spacial score (nSPS) is 15.1. The lowest BCUT2D eigenvalue weighted by molar-refractivity contribution is 0.503. The third kappa shape index (κ3) is 6.25. The van der Waals surface area contributed by atoms with Gasteiger partial charge in [0.1, 0.15) is 0 Å². The first-order valence-corrected chi connectivity index (χ1v) is 6.36. The van der Waals surface area contributed by atoms with Crippen molar-refractivity contribution in [3.63, 3.8) is 0 Å². The number of rotatable bonds is 5. The number of hydrogen-bond donors (Lipinski definition) is 0. The second-order valence-corrected chi connectivity index (χ2v) is 5.45. The molecule has 0 aromatic carbocycles. The van der Waals surface area contributed by atoms with Crippen molar-refractivity contribution in [2.24, 2.45) is 10.4 Å². The van der Waals surface area contributed by atoms with Gasteiger partial charge in [-0.2, -0.15) is 0 Å². The van der Waals surface area contributed by atoms with Crippen LogP contribution >= 0.6 is 0 Å². The highest BCUT2D eigenvalue weighted by molar-refractivity contribution is 5.71. The summed E-state index contributed by atoms with van der Waals surface area (Å²) in [6.45, 7) is 16.8. The van der Waals surface area contributed by atoms with E-state index in [1.165, 1.54) is 11.1 Å². The Hall–Kier alpha value is -1.11. The summed E-state index contributed by atoms with van der Waals surface area (Å²) < 4.78 is 0. The van der Waals surface area contributed by atoms with Crippen LogP contribution < -0.4 is 0 Å². The molecule has 0 bridgehead atoms. The van der Waals surface area contributed by atoms with Crippen LogP contribution in [0.3, 0.4) is 0 Å². The van der Waals surface area contributed by atoms with Crippen LogP contribution in [0, 0.1) is 5.41 Å². The molecule has 0 N–H and O–H groups in total. The highest BCUT2D eigenvalue weighted by Crippen LogP contribution is 2.27. The average molecular weight is 233 g/mol. The molecule has 0 aromatic heterocycles. The summed E-state index contributed by atoms with van der Waals surface area (Å²) in [5.41, 5.74) is 4.05. The Labute approximate surface area is 107 Å². The maximum atomic E-state index is 4.39. The Morgan fingerprint density at radius 2 is 1.82 bits per heavy atom. The maximum absolute atomic E-state index is 4.39. The monoisotopic (exact) mass is 233 g/mol. The summed E-state index contributed by atoms with van der Waals surface area (Å²) >= 11 is 0. The zero-order valence-corrected chi connectivity index (χ0v) is 12.3. The smallest absolute Gasteiger partial charge is 0.0404 e. The van der Waals surface area contributed by atoms with E-state index in [1.54, 1.807) is 12.3 Å². The van der Waals surface area contributed by atoms with Crippen molar-refractivity contribution in [2.45, 2.75) is 54.4 Å². The number of hydrogen-bond acceptors (Lipinski definition) is 1. The van der Waals surface area contributed by atoms with Crippen LogP contribution in [0.15, 0.2) is 40.6 Å². The first kappa shape index (κ1) is 15.9. The summed E-state index contributed by atoms with van der Waals surface area (Å²) in [6.07, 6.45) is 7.98. The molecule has 0 saturated heterocycles. The molecule has 1 nitrogen and oxygen atoms in total. The number of allylic oxidation sites excluding steroid dienone is 5. The highest BCUT2D eigenvalue weighted by Gasteiger charge is 2.13. The van der Waals surface area contributed by atoms with E-state index in [0.29, 0.717) is 0 Å². The van der Waals surface area contributed by atoms with Gasteiger partial charge in [0.05, 0.1) is 0 Å². The van der Waals surface area contributed by atoms with Crippen LogP contribution in [0.5, 0.6) is 0 Å². The Balaban J connectivity index is 5.24. The van der Waals surface area contributed by atoms with E-state index >= 15 is 0 Å². The average Bonchev–Trinajstić information content (AvgIpc) is 2.23. The van der Waals surface area contributed by atoms with Gasteiger partial charge in [-0.25, -0.2) is 0 Å².